The van der Waals surface area contributed by atoms with Gasteiger partial charge in [-0.1, -0.05) is 19.1 Å². The van der Waals surface area contributed by atoms with E-state index in [0.29, 0.717) is 17.0 Å². The number of halogens is 3. The molecule has 26 heavy (non-hydrogen) atoms. The number of aromatic nitrogens is 3. The molecule has 2 heterocycles. The summed E-state index contributed by atoms with van der Waals surface area (Å²) in [6, 6.07) is 4.65. The number of hydrogen-bond donors (Lipinski definition) is 2. The highest BCUT2D eigenvalue weighted by atomic mass is 19.4. The summed E-state index contributed by atoms with van der Waals surface area (Å²) >= 11 is 0. The van der Waals surface area contributed by atoms with E-state index in [1.54, 1.807) is 13.0 Å². The second-order valence-corrected chi connectivity index (χ2v) is 6.42. The SMILES string of the molecule is CC1(C(O)C(=Cc2ccc(C(F)(F)F)cc2)c2ncn[nH]2)COCOC1. The average Bonchev–Trinajstić information content (AvgIpc) is 3.14. The van der Waals surface area contributed by atoms with E-state index in [4.69, 9.17) is 9.47 Å². The molecule has 1 aliphatic rings. The quantitative estimate of drug-likeness (QED) is 0.866. The van der Waals surface area contributed by atoms with Gasteiger partial charge < -0.3 is 14.6 Å². The Morgan fingerprint density at radius 3 is 2.46 bits per heavy atom. The number of alkyl halides is 3. The maximum atomic E-state index is 12.7. The average molecular weight is 369 g/mol. The Balaban J connectivity index is 1.95. The van der Waals surface area contributed by atoms with Gasteiger partial charge in [0.1, 0.15) is 13.1 Å². The van der Waals surface area contributed by atoms with Crippen LogP contribution in [0, 0.1) is 5.41 Å². The first kappa shape index (κ1) is 18.6. The minimum atomic E-state index is -4.40. The third kappa shape index (κ3) is 3.95. The molecular weight excluding hydrogens is 351 g/mol. The number of hydrogen-bond acceptors (Lipinski definition) is 5. The molecule has 1 unspecified atom stereocenters. The summed E-state index contributed by atoms with van der Waals surface area (Å²) < 4.78 is 48.8. The van der Waals surface area contributed by atoms with Crippen molar-refractivity contribution in [2.45, 2.75) is 19.2 Å². The molecule has 0 spiro atoms. The predicted octanol–water partition coefficient (Wildman–Crippen LogP) is 2.74. The van der Waals surface area contributed by atoms with Gasteiger partial charge in [0, 0.05) is 11.0 Å². The highest BCUT2D eigenvalue weighted by molar-refractivity contribution is 5.81. The van der Waals surface area contributed by atoms with Crippen molar-refractivity contribution in [3.8, 4) is 0 Å². The zero-order chi connectivity index (χ0) is 18.8. The van der Waals surface area contributed by atoms with Gasteiger partial charge in [-0.15, -0.1) is 0 Å². The van der Waals surface area contributed by atoms with E-state index in [-0.39, 0.29) is 20.0 Å². The Labute approximate surface area is 147 Å². The second-order valence-electron chi connectivity index (χ2n) is 6.42. The Bertz CT molecular complexity index is 752. The normalized spacial score (nSPS) is 19.3. The van der Waals surface area contributed by atoms with Crippen molar-refractivity contribution in [2.75, 3.05) is 20.0 Å². The van der Waals surface area contributed by atoms with Gasteiger partial charge in [0.15, 0.2) is 5.82 Å². The van der Waals surface area contributed by atoms with Gasteiger partial charge in [-0.25, -0.2) is 4.98 Å². The summed E-state index contributed by atoms with van der Waals surface area (Å²) in [5, 5.41) is 17.4. The largest absolute Gasteiger partial charge is 0.416 e. The highest BCUT2D eigenvalue weighted by Crippen LogP contribution is 2.35. The summed E-state index contributed by atoms with van der Waals surface area (Å²) in [5.41, 5.74) is -0.594. The number of nitrogens with one attached hydrogen (secondary N) is 1. The Kier molecular flexibility index (Phi) is 5.12. The van der Waals surface area contributed by atoms with Crippen molar-refractivity contribution in [1.29, 1.82) is 0 Å². The summed E-state index contributed by atoms with van der Waals surface area (Å²) in [6.07, 6.45) is -2.57. The topological polar surface area (TPSA) is 80.3 Å². The van der Waals surface area contributed by atoms with Crippen LogP contribution in [0.5, 0.6) is 0 Å². The lowest BCUT2D eigenvalue weighted by atomic mass is 9.80. The number of rotatable bonds is 4. The van der Waals surface area contributed by atoms with Gasteiger partial charge in [-0.3, -0.25) is 5.10 Å². The number of ether oxygens (including phenoxy) is 2. The van der Waals surface area contributed by atoms with Gasteiger partial charge >= 0.3 is 6.18 Å². The van der Waals surface area contributed by atoms with E-state index in [1.165, 1.54) is 18.5 Å². The molecule has 3 rings (SSSR count). The number of nitrogens with zero attached hydrogens (tertiary/aromatic N) is 2. The fraction of sp³-hybridized carbons (Fsp3) is 0.412. The van der Waals surface area contributed by atoms with Crippen LogP contribution in [0.4, 0.5) is 13.2 Å². The van der Waals surface area contributed by atoms with Gasteiger partial charge in [0.25, 0.3) is 0 Å². The van der Waals surface area contributed by atoms with Crippen molar-refractivity contribution < 1.29 is 27.8 Å². The molecule has 140 valence electrons. The second kappa shape index (κ2) is 7.18. The molecule has 2 N–H and O–H groups in total. The molecule has 9 heteroatoms. The molecule has 6 nitrogen and oxygen atoms in total. The molecule has 1 aromatic heterocycles. The summed E-state index contributed by atoms with van der Waals surface area (Å²) in [6.45, 7) is 2.50. The minimum absolute atomic E-state index is 0.155. The first-order valence-corrected chi connectivity index (χ1v) is 7.88. The molecular formula is C17H18F3N3O3. The molecule has 0 radical (unpaired) electrons. The van der Waals surface area contributed by atoms with Gasteiger partial charge in [0.2, 0.25) is 0 Å². The Hall–Kier alpha value is -2.23. The van der Waals surface area contributed by atoms with Gasteiger partial charge in [-0.05, 0) is 23.8 Å². The molecule has 1 aromatic carbocycles. The fourth-order valence-electron chi connectivity index (χ4n) is 2.75. The molecule has 1 saturated heterocycles. The monoisotopic (exact) mass is 369 g/mol. The van der Waals surface area contributed by atoms with E-state index in [0.717, 1.165) is 12.1 Å². The van der Waals surface area contributed by atoms with Crippen LogP contribution >= 0.6 is 0 Å². The van der Waals surface area contributed by atoms with Crippen LogP contribution in [0.25, 0.3) is 11.6 Å². The van der Waals surface area contributed by atoms with E-state index in [9.17, 15) is 18.3 Å². The zero-order valence-corrected chi connectivity index (χ0v) is 14.0. The zero-order valence-electron chi connectivity index (χ0n) is 14.0. The van der Waals surface area contributed by atoms with Crippen molar-refractivity contribution in [2.24, 2.45) is 5.41 Å². The van der Waals surface area contributed by atoms with Crippen LogP contribution in [0.1, 0.15) is 23.9 Å². The molecule has 1 fully saturated rings. The molecule has 1 atom stereocenters. The molecule has 1 aliphatic heterocycles. The number of aromatic amines is 1. The van der Waals surface area contributed by atoms with Gasteiger partial charge in [-0.2, -0.15) is 18.3 Å². The lowest BCUT2D eigenvalue weighted by Crippen LogP contribution is -2.45. The standard InChI is InChI=1S/C17H18F3N3O3/c1-16(7-25-10-26-8-16)14(24)13(15-21-9-22-23-15)6-11-2-4-12(5-3-11)17(18,19)20/h2-6,9,14,24H,7-8,10H2,1H3,(H,21,22,23). The molecule has 2 aromatic rings. The summed E-state index contributed by atoms with van der Waals surface area (Å²) in [7, 11) is 0. The summed E-state index contributed by atoms with van der Waals surface area (Å²) in [4.78, 5) is 4.06. The van der Waals surface area contributed by atoms with Crippen LogP contribution in [0.15, 0.2) is 30.6 Å². The minimum Gasteiger partial charge on any atom is -0.388 e. The molecule has 0 aliphatic carbocycles. The maximum Gasteiger partial charge on any atom is 0.416 e. The van der Waals surface area contributed by atoms with E-state index in [2.05, 4.69) is 15.2 Å². The van der Waals surface area contributed by atoms with Crippen molar-refractivity contribution >= 4 is 11.6 Å². The number of H-pyrrole nitrogens is 1. The lowest BCUT2D eigenvalue weighted by molar-refractivity contribution is -0.179. The van der Waals surface area contributed by atoms with Crippen LogP contribution in [0.3, 0.4) is 0 Å². The van der Waals surface area contributed by atoms with Gasteiger partial charge in [0.05, 0.1) is 24.9 Å². The Morgan fingerprint density at radius 2 is 1.92 bits per heavy atom. The number of benzene rings is 1. The third-order valence-corrected chi connectivity index (χ3v) is 4.23. The molecule has 0 bridgehead atoms. The van der Waals surface area contributed by atoms with Crippen molar-refractivity contribution in [1.82, 2.24) is 15.2 Å². The van der Waals surface area contributed by atoms with Crippen molar-refractivity contribution in [3.63, 3.8) is 0 Å². The first-order chi connectivity index (χ1) is 12.3. The van der Waals surface area contributed by atoms with Crippen LogP contribution in [-0.2, 0) is 15.7 Å². The van der Waals surface area contributed by atoms with E-state index in [1.807, 2.05) is 0 Å². The maximum absolute atomic E-state index is 12.7. The van der Waals surface area contributed by atoms with Crippen LogP contribution in [0.2, 0.25) is 0 Å². The number of aliphatic hydroxyl groups excluding tert-OH is 1. The highest BCUT2D eigenvalue weighted by Gasteiger charge is 2.39. The third-order valence-electron chi connectivity index (χ3n) is 4.23. The Morgan fingerprint density at radius 1 is 1.27 bits per heavy atom. The van der Waals surface area contributed by atoms with E-state index < -0.39 is 23.3 Å². The number of aliphatic hydroxyl groups is 1. The smallest absolute Gasteiger partial charge is 0.388 e. The fourth-order valence-corrected chi connectivity index (χ4v) is 2.75. The van der Waals surface area contributed by atoms with E-state index >= 15 is 0 Å². The molecule has 0 saturated carbocycles. The predicted molar refractivity (Wildman–Crippen MR) is 86.6 cm³/mol. The lowest BCUT2D eigenvalue weighted by Gasteiger charge is -2.37. The van der Waals surface area contributed by atoms with Crippen LogP contribution in [-0.4, -0.2) is 46.4 Å². The summed E-state index contributed by atoms with van der Waals surface area (Å²) in [5.74, 6) is 0.323. The first-order valence-electron chi connectivity index (χ1n) is 7.88. The van der Waals surface area contributed by atoms with Crippen molar-refractivity contribution in [3.05, 3.63) is 47.5 Å². The molecule has 0 amide bonds. The van der Waals surface area contributed by atoms with Crippen LogP contribution < -0.4 is 0 Å².